The summed E-state index contributed by atoms with van der Waals surface area (Å²) < 4.78 is 11.0. The van der Waals surface area contributed by atoms with Crippen molar-refractivity contribution in [2.75, 3.05) is 7.11 Å². The van der Waals surface area contributed by atoms with Crippen LogP contribution in [-0.2, 0) is 0 Å². The van der Waals surface area contributed by atoms with Crippen LogP contribution < -0.4 is 9.47 Å². The maximum Gasteiger partial charge on any atom is 0.224 e. The highest BCUT2D eigenvalue weighted by Gasteiger charge is 2.10. The third kappa shape index (κ3) is 3.18. The first-order valence-electron chi connectivity index (χ1n) is 6.67. The Labute approximate surface area is 133 Å². The van der Waals surface area contributed by atoms with Crippen LogP contribution >= 0.6 is 11.6 Å². The van der Waals surface area contributed by atoms with Gasteiger partial charge >= 0.3 is 0 Å². The Kier molecular flexibility index (Phi) is 4.21. The zero-order valence-corrected chi connectivity index (χ0v) is 12.6. The van der Waals surface area contributed by atoms with E-state index >= 15 is 0 Å². The van der Waals surface area contributed by atoms with Crippen LogP contribution in [0, 0.1) is 0 Å². The first-order chi connectivity index (χ1) is 10.8. The van der Waals surface area contributed by atoms with Gasteiger partial charge < -0.3 is 9.47 Å². The Morgan fingerprint density at radius 2 is 1.55 bits per heavy atom. The molecule has 4 nitrogen and oxygen atoms in total. The van der Waals surface area contributed by atoms with Crippen LogP contribution in [0.2, 0.25) is 5.15 Å². The second kappa shape index (κ2) is 6.45. The summed E-state index contributed by atoms with van der Waals surface area (Å²) in [5.41, 5.74) is 0.870. The largest absolute Gasteiger partial charge is 0.493 e. The van der Waals surface area contributed by atoms with E-state index in [1.807, 2.05) is 48.5 Å². The minimum absolute atomic E-state index is 0.318. The van der Waals surface area contributed by atoms with Gasteiger partial charge in [0.2, 0.25) is 5.88 Å². The van der Waals surface area contributed by atoms with Crippen LogP contribution in [0.4, 0.5) is 0 Å². The summed E-state index contributed by atoms with van der Waals surface area (Å²) in [4.78, 5) is 8.63. The van der Waals surface area contributed by atoms with Crippen molar-refractivity contribution in [1.82, 2.24) is 9.97 Å². The number of rotatable bonds is 4. The smallest absolute Gasteiger partial charge is 0.224 e. The van der Waals surface area contributed by atoms with Gasteiger partial charge in [-0.1, -0.05) is 54.1 Å². The Morgan fingerprint density at radius 3 is 2.27 bits per heavy atom. The number of nitrogens with zero attached hydrogens (tertiary/aromatic N) is 2. The van der Waals surface area contributed by atoms with Gasteiger partial charge in [-0.05, 0) is 12.1 Å². The van der Waals surface area contributed by atoms with Gasteiger partial charge in [-0.2, -0.15) is 4.98 Å². The summed E-state index contributed by atoms with van der Waals surface area (Å²) in [6.07, 6.45) is 0. The molecule has 0 bridgehead atoms. The molecule has 0 saturated carbocycles. The van der Waals surface area contributed by atoms with E-state index in [2.05, 4.69) is 9.97 Å². The number of benzene rings is 2. The highest BCUT2D eigenvalue weighted by molar-refractivity contribution is 6.29. The van der Waals surface area contributed by atoms with Crippen molar-refractivity contribution in [3.63, 3.8) is 0 Å². The summed E-state index contributed by atoms with van der Waals surface area (Å²) in [6, 6.07) is 18.5. The minimum atomic E-state index is 0.318. The minimum Gasteiger partial charge on any atom is -0.493 e. The highest BCUT2D eigenvalue weighted by atomic mass is 35.5. The van der Waals surface area contributed by atoms with Gasteiger partial charge in [0, 0.05) is 11.6 Å². The number of hydrogen-bond acceptors (Lipinski definition) is 4. The SMILES string of the molecule is COc1ccccc1Oc1cc(Cl)nc(-c2ccccc2)n1. The van der Waals surface area contributed by atoms with Crippen molar-refractivity contribution in [1.29, 1.82) is 0 Å². The van der Waals surface area contributed by atoms with E-state index in [-0.39, 0.29) is 0 Å². The molecule has 5 heteroatoms. The molecule has 0 aliphatic heterocycles. The summed E-state index contributed by atoms with van der Waals surface area (Å²) >= 11 is 6.08. The van der Waals surface area contributed by atoms with Crippen molar-refractivity contribution >= 4 is 11.6 Å². The molecule has 1 aromatic heterocycles. The lowest BCUT2D eigenvalue weighted by molar-refractivity contribution is 0.374. The maximum atomic E-state index is 6.08. The molecule has 0 aliphatic rings. The van der Waals surface area contributed by atoms with E-state index in [1.54, 1.807) is 19.2 Å². The number of hydrogen-bond donors (Lipinski definition) is 0. The van der Waals surface area contributed by atoms with Crippen molar-refractivity contribution in [2.24, 2.45) is 0 Å². The molecule has 0 N–H and O–H groups in total. The third-order valence-corrected chi connectivity index (χ3v) is 3.18. The lowest BCUT2D eigenvalue weighted by Crippen LogP contribution is -1.95. The summed E-state index contributed by atoms with van der Waals surface area (Å²) in [5.74, 6) is 2.07. The lowest BCUT2D eigenvalue weighted by atomic mass is 10.2. The number of aromatic nitrogens is 2. The molecule has 0 aliphatic carbocycles. The average Bonchev–Trinajstić information content (AvgIpc) is 2.56. The second-order valence-electron chi connectivity index (χ2n) is 4.47. The maximum absolute atomic E-state index is 6.08. The van der Waals surface area contributed by atoms with E-state index in [1.165, 1.54) is 0 Å². The molecular formula is C17H13ClN2O2. The normalized spacial score (nSPS) is 10.3. The van der Waals surface area contributed by atoms with Crippen molar-refractivity contribution in [2.45, 2.75) is 0 Å². The van der Waals surface area contributed by atoms with Gasteiger partial charge in [0.25, 0.3) is 0 Å². The predicted molar refractivity (Wildman–Crippen MR) is 85.5 cm³/mol. The van der Waals surface area contributed by atoms with Gasteiger partial charge in [-0.25, -0.2) is 4.98 Å². The molecule has 0 atom stereocenters. The number of halogens is 1. The molecule has 0 fully saturated rings. The van der Waals surface area contributed by atoms with Crippen LogP contribution in [0.1, 0.15) is 0 Å². The van der Waals surface area contributed by atoms with Crippen molar-refractivity contribution < 1.29 is 9.47 Å². The molecule has 1 heterocycles. The first-order valence-corrected chi connectivity index (χ1v) is 7.05. The Morgan fingerprint density at radius 1 is 0.864 bits per heavy atom. The van der Waals surface area contributed by atoms with Gasteiger partial charge in [0.1, 0.15) is 5.15 Å². The zero-order chi connectivity index (χ0) is 15.4. The molecule has 110 valence electrons. The van der Waals surface area contributed by atoms with E-state index in [0.717, 1.165) is 5.56 Å². The fraction of sp³-hybridized carbons (Fsp3) is 0.0588. The van der Waals surface area contributed by atoms with Gasteiger partial charge in [-0.3, -0.25) is 0 Å². The number of methoxy groups -OCH3 is 1. The lowest BCUT2D eigenvalue weighted by Gasteiger charge is -2.10. The molecule has 0 saturated heterocycles. The molecule has 0 unspecified atom stereocenters. The third-order valence-electron chi connectivity index (χ3n) is 2.99. The van der Waals surface area contributed by atoms with Gasteiger partial charge in [-0.15, -0.1) is 0 Å². The van der Waals surface area contributed by atoms with E-state index < -0.39 is 0 Å². The second-order valence-corrected chi connectivity index (χ2v) is 4.86. The molecule has 3 aromatic rings. The number of para-hydroxylation sites is 2. The molecule has 0 spiro atoms. The standard InChI is InChI=1S/C17H13ClN2O2/c1-21-13-9-5-6-10-14(13)22-16-11-15(18)19-17(20-16)12-7-3-2-4-8-12/h2-11H,1H3. The van der Waals surface area contributed by atoms with E-state index in [0.29, 0.717) is 28.4 Å². The average molecular weight is 313 g/mol. The van der Waals surface area contributed by atoms with Gasteiger partial charge in [0.15, 0.2) is 17.3 Å². The summed E-state index contributed by atoms with van der Waals surface area (Å²) in [6.45, 7) is 0. The van der Waals surface area contributed by atoms with Crippen LogP contribution in [-0.4, -0.2) is 17.1 Å². The van der Waals surface area contributed by atoms with Gasteiger partial charge in [0.05, 0.1) is 7.11 Å². The van der Waals surface area contributed by atoms with Crippen LogP contribution in [0.25, 0.3) is 11.4 Å². The fourth-order valence-corrected chi connectivity index (χ4v) is 2.15. The molecular weight excluding hydrogens is 300 g/mol. The predicted octanol–water partition coefficient (Wildman–Crippen LogP) is 4.60. The number of ether oxygens (including phenoxy) is 2. The van der Waals surface area contributed by atoms with E-state index in [4.69, 9.17) is 21.1 Å². The molecule has 0 amide bonds. The molecule has 22 heavy (non-hydrogen) atoms. The van der Waals surface area contributed by atoms with Crippen molar-refractivity contribution in [3.05, 3.63) is 65.8 Å². The van der Waals surface area contributed by atoms with E-state index in [9.17, 15) is 0 Å². The van der Waals surface area contributed by atoms with Crippen LogP contribution in [0.3, 0.4) is 0 Å². The Hall–Kier alpha value is -2.59. The van der Waals surface area contributed by atoms with Crippen LogP contribution in [0.15, 0.2) is 60.7 Å². The topological polar surface area (TPSA) is 44.2 Å². The fourth-order valence-electron chi connectivity index (χ4n) is 1.98. The molecule has 2 aromatic carbocycles. The molecule has 3 rings (SSSR count). The van der Waals surface area contributed by atoms with Crippen molar-refractivity contribution in [3.8, 4) is 28.8 Å². The Bertz CT molecular complexity index is 779. The molecule has 0 radical (unpaired) electrons. The van der Waals surface area contributed by atoms with Crippen LogP contribution in [0.5, 0.6) is 17.4 Å². The zero-order valence-electron chi connectivity index (χ0n) is 11.9. The summed E-state index contributed by atoms with van der Waals surface area (Å²) in [5, 5.41) is 0.318. The monoisotopic (exact) mass is 312 g/mol. The Balaban J connectivity index is 1.96. The quantitative estimate of drug-likeness (QED) is 0.660. The first kappa shape index (κ1) is 14.4. The summed E-state index contributed by atoms with van der Waals surface area (Å²) in [7, 11) is 1.59. The highest BCUT2D eigenvalue weighted by Crippen LogP contribution is 2.31.